The molecule has 10 heteroatoms. The van der Waals surface area contributed by atoms with E-state index in [0.29, 0.717) is 10.6 Å². The number of carbonyl (C=O) groups excluding carboxylic acids is 4. The lowest BCUT2D eigenvalue weighted by Gasteiger charge is -2.19. The van der Waals surface area contributed by atoms with Gasteiger partial charge in [0.2, 0.25) is 5.91 Å². The molecule has 4 amide bonds. The maximum atomic E-state index is 12.0. The fraction of sp³-hybridized carbons (Fsp3) is 0.375. The van der Waals surface area contributed by atoms with Crippen molar-refractivity contribution >= 4 is 35.4 Å². The molecule has 0 saturated heterocycles. The number of nitrogens with one attached hydrogen (secondary N) is 2. The van der Waals surface area contributed by atoms with E-state index in [0.717, 1.165) is 4.90 Å². The van der Waals surface area contributed by atoms with Crippen LogP contribution in [-0.2, 0) is 19.1 Å². The van der Waals surface area contributed by atoms with E-state index in [1.54, 1.807) is 24.3 Å². The van der Waals surface area contributed by atoms with E-state index in [1.807, 2.05) is 0 Å². The first-order valence-corrected chi connectivity index (χ1v) is 8.03. The smallest absolute Gasteiger partial charge is 0.312 e. The highest BCUT2D eigenvalue weighted by atomic mass is 35.5. The number of halogens is 1. The highest BCUT2D eigenvalue weighted by molar-refractivity contribution is 6.31. The fourth-order valence-electron chi connectivity index (χ4n) is 2.03. The van der Waals surface area contributed by atoms with Crippen molar-refractivity contribution in [2.75, 3.05) is 27.2 Å². The number of amides is 4. The van der Waals surface area contributed by atoms with Crippen LogP contribution in [0, 0.1) is 0 Å². The lowest BCUT2D eigenvalue weighted by Crippen LogP contribution is -2.39. The highest BCUT2D eigenvalue weighted by Crippen LogP contribution is 2.25. The summed E-state index contributed by atoms with van der Waals surface area (Å²) in [5.74, 6) is -1.62. The summed E-state index contributed by atoms with van der Waals surface area (Å²) >= 11 is 6.07. The van der Waals surface area contributed by atoms with Crippen LogP contribution in [-0.4, -0.2) is 56.0 Å². The van der Waals surface area contributed by atoms with Crippen molar-refractivity contribution in [3.63, 3.8) is 0 Å². The maximum Gasteiger partial charge on any atom is 0.312 e. The average Bonchev–Trinajstić information content (AvgIpc) is 2.58. The van der Waals surface area contributed by atoms with Crippen LogP contribution in [0.25, 0.3) is 0 Å². The maximum absolute atomic E-state index is 12.0. The Labute approximate surface area is 155 Å². The van der Waals surface area contributed by atoms with Gasteiger partial charge in [-0.1, -0.05) is 29.8 Å². The third-order valence-electron chi connectivity index (χ3n) is 3.41. The number of benzene rings is 1. The Morgan fingerprint density at radius 3 is 2.50 bits per heavy atom. The zero-order valence-corrected chi connectivity index (χ0v) is 15.2. The van der Waals surface area contributed by atoms with E-state index in [2.05, 4.69) is 10.6 Å². The Kier molecular flexibility index (Phi) is 8.36. The van der Waals surface area contributed by atoms with Gasteiger partial charge in [0.1, 0.15) is 0 Å². The Morgan fingerprint density at radius 1 is 1.27 bits per heavy atom. The summed E-state index contributed by atoms with van der Waals surface area (Å²) < 4.78 is 4.92. The van der Waals surface area contributed by atoms with Gasteiger partial charge >= 0.3 is 12.0 Å². The monoisotopic (exact) mass is 384 g/mol. The lowest BCUT2D eigenvalue weighted by atomic mass is 10.0. The molecule has 0 bridgehead atoms. The zero-order chi connectivity index (χ0) is 19.7. The minimum absolute atomic E-state index is 0.154. The molecular weight excluding hydrogens is 364 g/mol. The summed E-state index contributed by atoms with van der Waals surface area (Å²) in [5, 5.41) is 5.14. The third kappa shape index (κ3) is 6.98. The first-order chi connectivity index (χ1) is 12.2. The molecule has 0 heterocycles. The number of primary amides is 1. The van der Waals surface area contributed by atoms with Crippen molar-refractivity contribution in [1.29, 1.82) is 0 Å². The van der Waals surface area contributed by atoms with Gasteiger partial charge in [0.15, 0.2) is 6.61 Å². The summed E-state index contributed by atoms with van der Waals surface area (Å²) in [6.07, 6.45) is -0.265. The van der Waals surface area contributed by atoms with Crippen molar-refractivity contribution in [3.8, 4) is 0 Å². The van der Waals surface area contributed by atoms with Gasteiger partial charge in [0.25, 0.3) is 5.91 Å². The van der Waals surface area contributed by atoms with Gasteiger partial charge in [0, 0.05) is 19.1 Å². The van der Waals surface area contributed by atoms with Crippen LogP contribution < -0.4 is 16.4 Å². The Bertz CT molecular complexity index is 682. The number of nitrogens with zero attached hydrogens (tertiary/aromatic N) is 1. The molecule has 9 nitrogen and oxygen atoms in total. The van der Waals surface area contributed by atoms with Crippen LogP contribution in [0.1, 0.15) is 18.0 Å². The molecule has 0 aliphatic rings. The summed E-state index contributed by atoms with van der Waals surface area (Å²) in [6.45, 7) is -0.684. The second kappa shape index (κ2) is 10.2. The number of hydrogen-bond acceptors (Lipinski definition) is 5. The van der Waals surface area contributed by atoms with Gasteiger partial charge in [-0.25, -0.2) is 4.79 Å². The van der Waals surface area contributed by atoms with Crippen molar-refractivity contribution in [3.05, 3.63) is 34.9 Å². The molecule has 0 spiro atoms. The summed E-state index contributed by atoms with van der Waals surface area (Å²) in [6, 6.07) is 5.01. The second-order valence-electron chi connectivity index (χ2n) is 5.37. The Morgan fingerprint density at radius 2 is 1.92 bits per heavy atom. The lowest BCUT2D eigenvalue weighted by molar-refractivity contribution is -0.152. The number of nitrogens with two attached hydrogens (primary N) is 1. The van der Waals surface area contributed by atoms with Gasteiger partial charge in [-0.05, 0) is 11.6 Å². The van der Waals surface area contributed by atoms with Crippen molar-refractivity contribution in [2.45, 2.75) is 12.5 Å². The average molecular weight is 385 g/mol. The van der Waals surface area contributed by atoms with Crippen LogP contribution in [0.4, 0.5) is 4.79 Å². The largest absolute Gasteiger partial charge is 0.455 e. The number of esters is 1. The van der Waals surface area contributed by atoms with Gasteiger partial charge in [-0.15, -0.1) is 0 Å². The number of carbonyl (C=O) groups is 4. The predicted octanol–water partition coefficient (Wildman–Crippen LogP) is 0.187. The molecule has 0 aromatic heterocycles. The zero-order valence-electron chi connectivity index (χ0n) is 14.5. The molecule has 1 aromatic rings. The van der Waals surface area contributed by atoms with Gasteiger partial charge < -0.3 is 26.0 Å². The van der Waals surface area contributed by atoms with Crippen molar-refractivity contribution in [1.82, 2.24) is 15.5 Å². The fourth-order valence-corrected chi connectivity index (χ4v) is 2.30. The molecule has 0 aliphatic carbocycles. The second-order valence-corrected chi connectivity index (χ2v) is 5.78. The number of likely N-dealkylation sites (N-methyl/N-ethyl adjacent to an activating group) is 2. The Hall–Kier alpha value is -2.81. The van der Waals surface area contributed by atoms with Crippen LogP contribution >= 0.6 is 11.6 Å². The number of ether oxygens (including phenoxy) is 1. The van der Waals surface area contributed by atoms with E-state index in [-0.39, 0.29) is 18.9 Å². The molecule has 4 N–H and O–H groups in total. The Balaban J connectivity index is 2.65. The molecule has 0 aliphatic heterocycles. The number of hydrogen-bond donors (Lipinski definition) is 3. The standard InChI is InChI=1S/C16H21ClN4O5/c1-19-13(22)8-21(2)14(23)9-26-15(24)7-12(20-16(18)25)10-5-3-4-6-11(10)17/h3-6,12H,7-9H2,1-2H3,(H,19,22)(H3,18,20,25)/t12-/m1/s1. The number of urea groups is 1. The molecule has 1 aromatic carbocycles. The minimum Gasteiger partial charge on any atom is -0.455 e. The quantitative estimate of drug-likeness (QED) is 0.550. The molecule has 1 rings (SSSR count). The van der Waals surface area contributed by atoms with E-state index in [1.165, 1.54) is 14.1 Å². The van der Waals surface area contributed by atoms with E-state index in [4.69, 9.17) is 22.1 Å². The first kappa shape index (κ1) is 21.2. The van der Waals surface area contributed by atoms with E-state index in [9.17, 15) is 19.2 Å². The molecule has 0 radical (unpaired) electrons. The van der Waals surface area contributed by atoms with Crippen LogP contribution in [0.5, 0.6) is 0 Å². The molecule has 142 valence electrons. The number of rotatable bonds is 8. The van der Waals surface area contributed by atoms with E-state index >= 15 is 0 Å². The highest BCUT2D eigenvalue weighted by Gasteiger charge is 2.22. The molecule has 1 atom stereocenters. The van der Waals surface area contributed by atoms with Crippen LogP contribution in [0.3, 0.4) is 0 Å². The normalized spacial score (nSPS) is 11.2. The molecular formula is C16H21ClN4O5. The third-order valence-corrected chi connectivity index (χ3v) is 3.75. The summed E-state index contributed by atoms with van der Waals surface area (Å²) in [7, 11) is 2.86. The van der Waals surface area contributed by atoms with E-state index < -0.39 is 30.6 Å². The SMILES string of the molecule is CNC(=O)CN(C)C(=O)COC(=O)C[C@@H](NC(N)=O)c1ccccc1Cl. The predicted molar refractivity (Wildman–Crippen MR) is 94.2 cm³/mol. The van der Waals surface area contributed by atoms with Crippen LogP contribution in [0.2, 0.25) is 5.02 Å². The summed E-state index contributed by atoms with van der Waals surface area (Å²) in [5.41, 5.74) is 5.63. The summed E-state index contributed by atoms with van der Waals surface area (Å²) in [4.78, 5) is 47.4. The molecule has 26 heavy (non-hydrogen) atoms. The molecule has 0 fully saturated rings. The van der Waals surface area contributed by atoms with Gasteiger partial charge in [0.05, 0.1) is 19.0 Å². The van der Waals surface area contributed by atoms with Gasteiger partial charge in [-0.2, -0.15) is 0 Å². The molecule has 0 saturated carbocycles. The van der Waals surface area contributed by atoms with Crippen molar-refractivity contribution < 1.29 is 23.9 Å². The first-order valence-electron chi connectivity index (χ1n) is 7.65. The van der Waals surface area contributed by atoms with Crippen LogP contribution in [0.15, 0.2) is 24.3 Å². The van der Waals surface area contributed by atoms with Crippen molar-refractivity contribution in [2.24, 2.45) is 5.73 Å². The van der Waals surface area contributed by atoms with Gasteiger partial charge in [-0.3, -0.25) is 14.4 Å². The minimum atomic E-state index is -0.830. The molecule has 0 unspecified atom stereocenters. The topological polar surface area (TPSA) is 131 Å².